The molecule has 3 N–H and O–H groups in total. The first-order chi connectivity index (χ1) is 9.10. The number of ether oxygens (including phenoxy) is 1. The molecule has 100 valence electrons. The second-order valence-electron chi connectivity index (χ2n) is 4.22. The molecule has 1 aromatic carbocycles. The third kappa shape index (κ3) is 3.38. The monoisotopic (exact) mass is 322 g/mol. The molecule has 1 aliphatic rings. The molecule has 0 saturated heterocycles. The van der Waals surface area contributed by atoms with Gasteiger partial charge in [-0.1, -0.05) is 22.0 Å². The Morgan fingerprint density at radius 2 is 2.26 bits per heavy atom. The molecule has 0 heterocycles. The molecule has 0 amide bonds. The first-order valence-corrected chi connectivity index (χ1v) is 6.70. The number of esters is 1. The van der Waals surface area contributed by atoms with Crippen LogP contribution in [0.3, 0.4) is 0 Å². The van der Waals surface area contributed by atoms with Crippen LogP contribution in [0.1, 0.15) is 23.2 Å². The summed E-state index contributed by atoms with van der Waals surface area (Å²) in [6.07, 6.45) is 6.07. The molecule has 1 aromatic rings. The third-order valence-electron chi connectivity index (χ3n) is 2.83. The van der Waals surface area contributed by atoms with Gasteiger partial charge < -0.3 is 15.8 Å². The lowest BCUT2D eigenvalue weighted by atomic mass is 10.1. The van der Waals surface area contributed by atoms with E-state index in [2.05, 4.69) is 32.1 Å². The van der Waals surface area contributed by atoms with Gasteiger partial charge in [0.25, 0.3) is 0 Å². The molecule has 0 bridgehead atoms. The van der Waals surface area contributed by atoms with Crippen LogP contribution in [0.4, 0.5) is 11.4 Å². The fraction of sp³-hybridized carbons (Fsp3) is 0.214. The van der Waals surface area contributed by atoms with Gasteiger partial charge in [-0.15, -0.1) is 0 Å². The fourth-order valence-corrected chi connectivity index (χ4v) is 2.36. The summed E-state index contributed by atoms with van der Waals surface area (Å²) >= 11 is 3.45. The first-order valence-electron chi connectivity index (χ1n) is 5.91. The molecule has 0 aliphatic heterocycles. The second-order valence-corrected chi connectivity index (χ2v) is 5.13. The standard InChI is InChI=1S/C14H15BrN2O2/c1-19-14(18)9-5-6-13(12(16)7-9)17-11-4-2-3-10(15)8-11/h3,5-8,17H,2,4,16H2,1H3. The lowest BCUT2D eigenvalue weighted by molar-refractivity contribution is 0.0601. The predicted octanol–water partition coefficient (Wildman–Crippen LogP) is 3.42. The average molecular weight is 323 g/mol. The molecule has 0 aromatic heterocycles. The van der Waals surface area contributed by atoms with Crippen molar-refractivity contribution in [1.29, 1.82) is 0 Å². The average Bonchev–Trinajstić information content (AvgIpc) is 2.40. The zero-order valence-corrected chi connectivity index (χ0v) is 12.2. The Kier molecular flexibility index (Phi) is 4.27. The number of hydrogen-bond acceptors (Lipinski definition) is 4. The predicted molar refractivity (Wildman–Crippen MR) is 80.1 cm³/mol. The summed E-state index contributed by atoms with van der Waals surface area (Å²) in [5.41, 5.74) is 8.80. The SMILES string of the molecule is COC(=O)c1ccc(NC2=CC(Br)=CCC2)c(N)c1. The van der Waals surface area contributed by atoms with E-state index in [0.717, 1.165) is 28.7 Å². The van der Waals surface area contributed by atoms with Crippen LogP contribution < -0.4 is 11.1 Å². The van der Waals surface area contributed by atoms with Gasteiger partial charge in [-0.3, -0.25) is 0 Å². The van der Waals surface area contributed by atoms with Crippen LogP contribution in [0.5, 0.6) is 0 Å². The molecule has 0 unspecified atom stereocenters. The highest BCUT2D eigenvalue weighted by molar-refractivity contribution is 9.11. The first kappa shape index (κ1) is 13.7. The van der Waals surface area contributed by atoms with Gasteiger partial charge in [0.2, 0.25) is 0 Å². The molecule has 2 rings (SSSR count). The van der Waals surface area contributed by atoms with E-state index in [1.807, 2.05) is 6.08 Å². The summed E-state index contributed by atoms with van der Waals surface area (Å²) in [6, 6.07) is 5.09. The van der Waals surface area contributed by atoms with Crippen LogP contribution >= 0.6 is 15.9 Å². The molecular weight excluding hydrogens is 308 g/mol. The zero-order chi connectivity index (χ0) is 13.8. The lowest BCUT2D eigenvalue weighted by Crippen LogP contribution is -2.07. The molecule has 4 nitrogen and oxygen atoms in total. The van der Waals surface area contributed by atoms with E-state index in [0.29, 0.717) is 11.3 Å². The second kappa shape index (κ2) is 5.93. The molecule has 1 aliphatic carbocycles. The molecule has 0 saturated carbocycles. The Hall–Kier alpha value is -1.75. The van der Waals surface area contributed by atoms with Crippen molar-refractivity contribution >= 4 is 33.3 Å². The lowest BCUT2D eigenvalue weighted by Gasteiger charge is -2.15. The van der Waals surface area contributed by atoms with Crippen molar-refractivity contribution in [1.82, 2.24) is 0 Å². The van der Waals surface area contributed by atoms with Crippen LogP contribution in [0.2, 0.25) is 0 Å². The number of anilines is 2. The van der Waals surface area contributed by atoms with Crippen LogP contribution in [-0.2, 0) is 4.74 Å². The topological polar surface area (TPSA) is 64.3 Å². The number of carbonyl (C=O) groups is 1. The van der Waals surface area contributed by atoms with Gasteiger partial charge in [-0.05, 0) is 37.1 Å². The molecular formula is C14H15BrN2O2. The zero-order valence-electron chi connectivity index (χ0n) is 10.6. The van der Waals surface area contributed by atoms with E-state index in [4.69, 9.17) is 5.73 Å². The molecule has 0 fully saturated rings. The maximum absolute atomic E-state index is 11.4. The summed E-state index contributed by atoms with van der Waals surface area (Å²) in [7, 11) is 1.35. The fourth-order valence-electron chi connectivity index (χ4n) is 1.86. The number of rotatable bonds is 3. The highest BCUT2D eigenvalue weighted by Crippen LogP contribution is 2.26. The Bertz CT molecular complexity index is 565. The van der Waals surface area contributed by atoms with Crippen LogP contribution in [0.15, 0.2) is 40.5 Å². The number of benzene rings is 1. The van der Waals surface area contributed by atoms with E-state index in [1.54, 1.807) is 18.2 Å². The smallest absolute Gasteiger partial charge is 0.337 e. The Morgan fingerprint density at radius 1 is 1.47 bits per heavy atom. The molecule has 5 heteroatoms. The molecule has 0 spiro atoms. The number of allylic oxidation sites excluding steroid dienone is 4. The highest BCUT2D eigenvalue weighted by atomic mass is 79.9. The van der Waals surface area contributed by atoms with E-state index < -0.39 is 0 Å². The number of carbonyl (C=O) groups excluding carboxylic acids is 1. The largest absolute Gasteiger partial charge is 0.465 e. The summed E-state index contributed by atoms with van der Waals surface area (Å²) in [5.74, 6) is -0.388. The number of nitrogen functional groups attached to an aromatic ring is 1. The number of nitrogens with two attached hydrogens (primary N) is 1. The maximum atomic E-state index is 11.4. The number of nitrogens with one attached hydrogen (secondary N) is 1. The van der Waals surface area contributed by atoms with Crippen LogP contribution in [0, 0.1) is 0 Å². The van der Waals surface area contributed by atoms with Crippen molar-refractivity contribution in [2.24, 2.45) is 0 Å². The van der Waals surface area contributed by atoms with Gasteiger partial charge >= 0.3 is 5.97 Å². The maximum Gasteiger partial charge on any atom is 0.337 e. The van der Waals surface area contributed by atoms with Crippen molar-refractivity contribution in [3.05, 3.63) is 46.1 Å². The quantitative estimate of drug-likeness (QED) is 0.661. The van der Waals surface area contributed by atoms with Gasteiger partial charge in [0.15, 0.2) is 0 Å². The number of methoxy groups -OCH3 is 1. The van der Waals surface area contributed by atoms with Gasteiger partial charge in [0.1, 0.15) is 0 Å². The van der Waals surface area contributed by atoms with E-state index in [-0.39, 0.29) is 5.97 Å². The highest BCUT2D eigenvalue weighted by Gasteiger charge is 2.10. The summed E-state index contributed by atoms with van der Waals surface area (Å²) in [4.78, 5) is 11.4. The summed E-state index contributed by atoms with van der Waals surface area (Å²) < 4.78 is 5.72. The van der Waals surface area contributed by atoms with E-state index in [1.165, 1.54) is 7.11 Å². The molecule has 19 heavy (non-hydrogen) atoms. The minimum atomic E-state index is -0.388. The van der Waals surface area contributed by atoms with Crippen molar-refractivity contribution in [3.63, 3.8) is 0 Å². The number of hydrogen-bond donors (Lipinski definition) is 2. The van der Waals surface area contributed by atoms with Crippen LogP contribution in [-0.4, -0.2) is 13.1 Å². The van der Waals surface area contributed by atoms with Crippen LogP contribution in [0.25, 0.3) is 0 Å². The van der Waals surface area contributed by atoms with Crippen molar-refractivity contribution in [2.45, 2.75) is 12.8 Å². The van der Waals surface area contributed by atoms with Crippen molar-refractivity contribution < 1.29 is 9.53 Å². The summed E-state index contributed by atoms with van der Waals surface area (Å²) in [5, 5.41) is 3.28. The normalized spacial score (nSPS) is 14.4. The van der Waals surface area contributed by atoms with Crippen molar-refractivity contribution in [2.75, 3.05) is 18.2 Å². The Morgan fingerprint density at radius 3 is 2.89 bits per heavy atom. The minimum absolute atomic E-state index is 0.388. The number of halogens is 1. The molecule has 0 radical (unpaired) electrons. The molecule has 0 atom stereocenters. The van der Waals surface area contributed by atoms with Gasteiger partial charge in [-0.25, -0.2) is 4.79 Å². The van der Waals surface area contributed by atoms with Gasteiger partial charge in [-0.2, -0.15) is 0 Å². The van der Waals surface area contributed by atoms with Crippen molar-refractivity contribution in [3.8, 4) is 0 Å². The van der Waals surface area contributed by atoms with Gasteiger partial charge in [0, 0.05) is 10.2 Å². The van der Waals surface area contributed by atoms with Gasteiger partial charge in [0.05, 0.1) is 24.0 Å². The minimum Gasteiger partial charge on any atom is -0.465 e. The Labute approximate surface area is 120 Å². The Balaban J connectivity index is 2.18. The summed E-state index contributed by atoms with van der Waals surface area (Å²) in [6.45, 7) is 0. The van der Waals surface area contributed by atoms with E-state index >= 15 is 0 Å². The third-order valence-corrected chi connectivity index (χ3v) is 3.39. The van der Waals surface area contributed by atoms with E-state index in [9.17, 15) is 4.79 Å².